The van der Waals surface area contributed by atoms with Gasteiger partial charge in [-0.2, -0.15) is 0 Å². The molecule has 1 unspecified atom stereocenters. The highest BCUT2D eigenvalue weighted by molar-refractivity contribution is 6.34. The molecule has 0 aliphatic heterocycles. The van der Waals surface area contributed by atoms with Gasteiger partial charge in [0.2, 0.25) is 0 Å². The molecule has 0 fully saturated rings. The zero-order chi connectivity index (χ0) is 18.4. The average Bonchev–Trinajstić information content (AvgIpc) is 2.59. The Morgan fingerprint density at radius 1 is 1.04 bits per heavy atom. The van der Waals surface area contributed by atoms with Crippen molar-refractivity contribution in [1.82, 2.24) is 10.6 Å². The quantitative estimate of drug-likeness (QED) is 0.748. The van der Waals surface area contributed by atoms with Crippen LogP contribution in [0.15, 0.2) is 48.5 Å². The fraction of sp³-hybridized carbons (Fsp3) is 0.263. The Morgan fingerprint density at radius 2 is 1.72 bits per heavy atom. The molecule has 25 heavy (non-hydrogen) atoms. The highest BCUT2D eigenvalue weighted by Crippen LogP contribution is 2.23. The standard InChI is InChI=1S/C19H22ClN3O2/c1-12(2)17(13-7-5-4-6-8-13)23-19(25)22-14-9-10-15(16(20)11-14)18(24)21-3/h4-12,17H,1-3H3,(H,21,24)(H2,22,23,25). The molecular weight excluding hydrogens is 338 g/mol. The lowest BCUT2D eigenvalue weighted by atomic mass is 9.96. The molecule has 3 amide bonds. The summed E-state index contributed by atoms with van der Waals surface area (Å²) in [5.74, 6) is -0.0442. The lowest BCUT2D eigenvalue weighted by molar-refractivity contribution is 0.0963. The zero-order valence-electron chi connectivity index (χ0n) is 14.5. The van der Waals surface area contributed by atoms with Crippen molar-refractivity contribution >= 4 is 29.2 Å². The molecule has 5 nitrogen and oxygen atoms in total. The van der Waals surface area contributed by atoms with Crippen molar-refractivity contribution in [3.8, 4) is 0 Å². The molecule has 0 saturated heterocycles. The number of carbonyl (C=O) groups excluding carboxylic acids is 2. The number of amides is 3. The summed E-state index contributed by atoms with van der Waals surface area (Å²) in [6.07, 6.45) is 0. The third kappa shape index (κ3) is 4.97. The van der Waals surface area contributed by atoms with Crippen molar-refractivity contribution in [2.24, 2.45) is 5.92 Å². The third-order valence-corrected chi connectivity index (χ3v) is 4.12. The molecule has 0 heterocycles. The molecule has 0 bridgehead atoms. The number of benzene rings is 2. The van der Waals surface area contributed by atoms with Crippen molar-refractivity contribution in [2.75, 3.05) is 12.4 Å². The summed E-state index contributed by atoms with van der Waals surface area (Å²) in [5.41, 5.74) is 1.92. The number of halogens is 1. The second-order valence-corrected chi connectivity index (χ2v) is 6.41. The maximum atomic E-state index is 12.3. The topological polar surface area (TPSA) is 70.2 Å². The first-order chi connectivity index (χ1) is 11.9. The van der Waals surface area contributed by atoms with E-state index in [1.54, 1.807) is 18.2 Å². The highest BCUT2D eigenvalue weighted by Gasteiger charge is 2.18. The molecule has 2 aromatic rings. The van der Waals surface area contributed by atoms with Crippen LogP contribution in [0.5, 0.6) is 0 Å². The molecule has 0 aliphatic carbocycles. The van der Waals surface area contributed by atoms with Crippen LogP contribution in [0, 0.1) is 5.92 Å². The van der Waals surface area contributed by atoms with E-state index < -0.39 is 0 Å². The van der Waals surface area contributed by atoms with E-state index in [0.717, 1.165) is 5.56 Å². The van der Waals surface area contributed by atoms with Gasteiger partial charge in [-0.3, -0.25) is 4.79 Å². The number of carbonyl (C=O) groups is 2. The monoisotopic (exact) mass is 359 g/mol. The fourth-order valence-electron chi connectivity index (χ4n) is 2.52. The lowest BCUT2D eigenvalue weighted by Crippen LogP contribution is -2.35. The van der Waals surface area contributed by atoms with Crippen LogP contribution in [0.3, 0.4) is 0 Å². The average molecular weight is 360 g/mol. The van der Waals surface area contributed by atoms with Crippen LogP contribution in [0.2, 0.25) is 5.02 Å². The van der Waals surface area contributed by atoms with E-state index in [-0.39, 0.29) is 28.9 Å². The molecule has 2 aromatic carbocycles. The normalized spacial score (nSPS) is 11.7. The van der Waals surface area contributed by atoms with E-state index in [1.807, 2.05) is 44.2 Å². The Balaban J connectivity index is 2.08. The number of nitrogens with one attached hydrogen (secondary N) is 3. The molecule has 0 spiro atoms. The first-order valence-electron chi connectivity index (χ1n) is 8.06. The van der Waals surface area contributed by atoms with E-state index in [2.05, 4.69) is 16.0 Å². The van der Waals surface area contributed by atoms with Gasteiger partial charge >= 0.3 is 6.03 Å². The van der Waals surface area contributed by atoms with E-state index in [0.29, 0.717) is 11.3 Å². The van der Waals surface area contributed by atoms with Gasteiger partial charge in [0.15, 0.2) is 0 Å². The van der Waals surface area contributed by atoms with Gasteiger partial charge in [0, 0.05) is 12.7 Å². The predicted octanol–water partition coefficient (Wildman–Crippen LogP) is 4.22. The molecule has 6 heteroatoms. The van der Waals surface area contributed by atoms with Crippen molar-refractivity contribution in [1.29, 1.82) is 0 Å². The van der Waals surface area contributed by atoms with Crippen LogP contribution in [-0.4, -0.2) is 19.0 Å². The first kappa shape index (κ1) is 18.8. The van der Waals surface area contributed by atoms with Gasteiger partial charge < -0.3 is 16.0 Å². The summed E-state index contributed by atoms with van der Waals surface area (Å²) in [6, 6.07) is 14.1. The van der Waals surface area contributed by atoms with Gasteiger partial charge in [-0.15, -0.1) is 0 Å². The van der Waals surface area contributed by atoms with Crippen molar-refractivity contribution < 1.29 is 9.59 Å². The van der Waals surface area contributed by atoms with Gasteiger partial charge in [0.05, 0.1) is 16.6 Å². The molecule has 132 valence electrons. The molecule has 3 N–H and O–H groups in total. The summed E-state index contributed by atoms with van der Waals surface area (Å²) in [7, 11) is 1.54. The van der Waals surface area contributed by atoms with Crippen molar-refractivity contribution in [3.63, 3.8) is 0 Å². The van der Waals surface area contributed by atoms with Crippen LogP contribution in [0.4, 0.5) is 10.5 Å². The Hall–Kier alpha value is -2.53. The van der Waals surface area contributed by atoms with E-state index in [4.69, 9.17) is 11.6 Å². The van der Waals surface area contributed by atoms with Crippen LogP contribution in [0.25, 0.3) is 0 Å². The number of urea groups is 1. The highest BCUT2D eigenvalue weighted by atomic mass is 35.5. The van der Waals surface area contributed by atoms with Crippen LogP contribution in [0.1, 0.15) is 35.8 Å². The number of rotatable bonds is 5. The third-order valence-electron chi connectivity index (χ3n) is 3.81. The summed E-state index contributed by atoms with van der Waals surface area (Å²) in [4.78, 5) is 24.0. The Labute approximate surface area is 152 Å². The van der Waals surface area contributed by atoms with Gasteiger partial charge in [-0.1, -0.05) is 55.8 Å². The van der Waals surface area contributed by atoms with Gasteiger partial charge in [-0.25, -0.2) is 4.79 Å². The van der Waals surface area contributed by atoms with E-state index in [1.165, 1.54) is 7.05 Å². The number of anilines is 1. The summed E-state index contributed by atoms with van der Waals surface area (Å²) in [5, 5.41) is 8.53. The Bertz CT molecular complexity index is 748. The summed E-state index contributed by atoms with van der Waals surface area (Å²) < 4.78 is 0. The molecule has 0 aromatic heterocycles. The zero-order valence-corrected chi connectivity index (χ0v) is 15.2. The minimum atomic E-state index is -0.327. The molecule has 1 atom stereocenters. The van der Waals surface area contributed by atoms with E-state index in [9.17, 15) is 9.59 Å². The van der Waals surface area contributed by atoms with Gasteiger partial charge in [0.1, 0.15) is 0 Å². The van der Waals surface area contributed by atoms with Gasteiger partial charge in [0.25, 0.3) is 5.91 Å². The van der Waals surface area contributed by atoms with Crippen molar-refractivity contribution in [3.05, 3.63) is 64.7 Å². The van der Waals surface area contributed by atoms with E-state index >= 15 is 0 Å². The summed E-state index contributed by atoms with van der Waals surface area (Å²) >= 11 is 6.11. The van der Waals surface area contributed by atoms with Gasteiger partial charge in [-0.05, 0) is 29.7 Å². The molecule has 0 radical (unpaired) electrons. The predicted molar refractivity (Wildman–Crippen MR) is 101 cm³/mol. The second-order valence-electron chi connectivity index (χ2n) is 6.00. The largest absolute Gasteiger partial charge is 0.355 e. The molecule has 0 saturated carbocycles. The lowest BCUT2D eigenvalue weighted by Gasteiger charge is -2.23. The SMILES string of the molecule is CNC(=O)c1ccc(NC(=O)NC(c2ccccc2)C(C)C)cc1Cl. The smallest absolute Gasteiger partial charge is 0.319 e. The van der Waals surface area contributed by atoms with Crippen molar-refractivity contribution in [2.45, 2.75) is 19.9 Å². The maximum absolute atomic E-state index is 12.3. The molecular formula is C19H22ClN3O2. The Morgan fingerprint density at radius 3 is 2.28 bits per heavy atom. The first-order valence-corrected chi connectivity index (χ1v) is 8.44. The number of hydrogen-bond donors (Lipinski definition) is 3. The van der Waals surface area contributed by atoms with Crippen LogP contribution >= 0.6 is 11.6 Å². The maximum Gasteiger partial charge on any atom is 0.319 e. The fourth-order valence-corrected chi connectivity index (χ4v) is 2.78. The molecule has 0 aliphatic rings. The molecule has 2 rings (SSSR count). The summed E-state index contributed by atoms with van der Waals surface area (Å²) in [6.45, 7) is 4.10. The minimum Gasteiger partial charge on any atom is -0.355 e. The van der Waals surface area contributed by atoms with Crippen LogP contribution in [-0.2, 0) is 0 Å². The number of hydrogen-bond acceptors (Lipinski definition) is 2. The Kier molecular flexibility index (Phi) is 6.42. The second kappa shape index (κ2) is 8.53. The van der Waals surface area contributed by atoms with Crippen LogP contribution < -0.4 is 16.0 Å². The minimum absolute atomic E-state index is 0.109.